The molecule has 2 heterocycles. The third-order valence-corrected chi connectivity index (χ3v) is 5.78. The molecule has 0 radical (unpaired) electrons. The van der Waals surface area contributed by atoms with Crippen molar-refractivity contribution in [3.63, 3.8) is 0 Å². The van der Waals surface area contributed by atoms with Crippen LogP contribution >= 0.6 is 0 Å². The fourth-order valence-electron chi connectivity index (χ4n) is 4.20. The molecule has 0 N–H and O–H groups in total. The van der Waals surface area contributed by atoms with Gasteiger partial charge in [-0.2, -0.15) is 0 Å². The van der Waals surface area contributed by atoms with Gasteiger partial charge in [0.15, 0.2) is 11.9 Å². The van der Waals surface area contributed by atoms with Gasteiger partial charge < -0.3 is 4.42 Å². The third-order valence-electron chi connectivity index (χ3n) is 5.78. The first kappa shape index (κ1) is 15.0. The van der Waals surface area contributed by atoms with Crippen LogP contribution in [0.4, 0.5) is 5.69 Å². The molecule has 31 heavy (non-hydrogen) atoms. The molecule has 0 saturated carbocycles. The Labute approximate surface area is 187 Å². The van der Waals surface area contributed by atoms with Crippen molar-refractivity contribution >= 4 is 27.6 Å². The highest BCUT2D eigenvalue weighted by Crippen LogP contribution is 2.44. The van der Waals surface area contributed by atoms with E-state index in [0.29, 0.717) is 22.5 Å². The van der Waals surface area contributed by atoms with Gasteiger partial charge in [-0.1, -0.05) is 54.1 Å². The molecule has 0 atom stereocenters. The summed E-state index contributed by atoms with van der Waals surface area (Å²) >= 11 is 0. The number of benzene rings is 3. The van der Waals surface area contributed by atoms with E-state index in [1.165, 1.54) is 6.20 Å². The minimum Gasteiger partial charge on any atom is -0.456 e. The van der Waals surface area contributed by atoms with Crippen LogP contribution in [-0.2, 0) is 7.05 Å². The number of aryl methyl sites for hydroxylation is 4. The summed E-state index contributed by atoms with van der Waals surface area (Å²) in [5.74, 6) is 0. The van der Waals surface area contributed by atoms with Gasteiger partial charge in [-0.3, -0.25) is 0 Å². The number of hydrogen-bond acceptors (Lipinski definition) is 1. The molecule has 0 aliphatic heterocycles. The monoisotopic (exact) mass is 407 g/mol. The molecule has 0 aliphatic rings. The van der Waals surface area contributed by atoms with Gasteiger partial charge >= 0.3 is 0 Å². The lowest BCUT2D eigenvalue weighted by Gasteiger charge is -2.06. The molecule has 3 nitrogen and oxygen atoms in total. The number of fused-ring (bicyclic) bond motifs is 3. The van der Waals surface area contributed by atoms with E-state index < -0.39 is 6.85 Å². The van der Waals surface area contributed by atoms with Crippen LogP contribution in [0.25, 0.3) is 49.2 Å². The van der Waals surface area contributed by atoms with Crippen LogP contribution in [0, 0.1) is 27.3 Å². The van der Waals surface area contributed by atoms with E-state index >= 15 is 0 Å². The molecular formula is C28H23N2O+. The van der Waals surface area contributed by atoms with Crippen LogP contribution in [0.3, 0.4) is 0 Å². The fourth-order valence-corrected chi connectivity index (χ4v) is 4.20. The summed E-state index contributed by atoms with van der Waals surface area (Å²) in [6.45, 7) is 9.35. The second kappa shape index (κ2) is 7.11. The van der Waals surface area contributed by atoms with Gasteiger partial charge in [0.25, 0.3) is 0 Å². The molecular weight excluding hydrogens is 380 g/mol. The lowest BCUT2D eigenvalue weighted by atomic mass is 9.97. The normalized spacial score (nSPS) is 13.5. The van der Waals surface area contributed by atoms with Crippen molar-refractivity contribution in [3.8, 4) is 22.4 Å². The van der Waals surface area contributed by atoms with Gasteiger partial charge in [0, 0.05) is 32.1 Å². The first-order chi connectivity index (χ1) is 16.6. The molecule has 3 aromatic carbocycles. The van der Waals surface area contributed by atoms with Gasteiger partial charge in [0.2, 0.25) is 5.69 Å². The highest BCUT2D eigenvalue weighted by molar-refractivity contribution is 6.15. The van der Waals surface area contributed by atoms with Crippen LogP contribution in [0.1, 0.15) is 22.2 Å². The molecule has 2 aromatic heterocycles. The maximum atomic E-state index is 8.38. The van der Waals surface area contributed by atoms with Crippen molar-refractivity contribution in [1.82, 2.24) is 0 Å². The minimum absolute atomic E-state index is 0.00143. The smallest absolute Gasteiger partial charge is 0.216 e. The molecule has 150 valence electrons. The molecule has 0 fully saturated rings. The molecule has 5 aromatic rings. The zero-order chi connectivity index (χ0) is 25.1. The van der Waals surface area contributed by atoms with Gasteiger partial charge in [-0.05, 0) is 37.9 Å². The Bertz CT molecular complexity index is 1670. The van der Waals surface area contributed by atoms with Crippen LogP contribution < -0.4 is 4.57 Å². The van der Waals surface area contributed by atoms with Gasteiger partial charge in [0.05, 0.1) is 13.5 Å². The molecule has 0 bridgehead atoms. The summed E-state index contributed by atoms with van der Waals surface area (Å²) < 4.78 is 39.9. The maximum Gasteiger partial charge on any atom is 0.216 e. The summed E-state index contributed by atoms with van der Waals surface area (Å²) in [4.78, 5) is 3.75. The zero-order valence-corrected chi connectivity index (χ0v) is 17.6. The summed E-state index contributed by atoms with van der Waals surface area (Å²) in [5, 5.41) is 1.80. The van der Waals surface area contributed by atoms with Crippen molar-refractivity contribution in [1.29, 1.82) is 0 Å². The van der Waals surface area contributed by atoms with Crippen molar-refractivity contribution in [2.75, 3.05) is 0 Å². The predicted molar refractivity (Wildman–Crippen MR) is 126 cm³/mol. The van der Waals surface area contributed by atoms with Crippen LogP contribution in [-0.4, -0.2) is 0 Å². The Hall–Kier alpha value is -3.90. The van der Waals surface area contributed by atoms with E-state index in [4.69, 9.17) is 16.5 Å². The Morgan fingerprint density at radius 3 is 2.32 bits per heavy atom. The second-order valence-electron chi connectivity index (χ2n) is 7.88. The number of rotatable bonds is 2. The summed E-state index contributed by atoms with van der Waals surface area (Å²) in [6.07, 6.45) is 1.50. The second-order valence-corrected chi connectivity index (χ2v) is 7.88. The van der Waals surface area contributed by atoms with E-state index in [1.54, 1.807) is 17.7 Å². The molecule has 0 saturated heterocycles. The van der Waals surface area contributed by atoms with Crippen LogP contribution in [0.15, 0.2) is 71.3 Å². The van der Waals surface area contributed by atoms with E-state index in [1.807, 2.05) is 62.4 Å². The topological polar surface area (TPSA) is 21.4 Å². The van der Waals surface area contributed by atoms with E-state index in [0.717, 1.165) is 38.6 Å². The zero-order valence-electron chi connectivity index (χ0n) is 21.6. The quantitative estimate of drug-likeness (QED) is 0.224. The number of hydrogen-bond donors (Lipinski definition) is 0. The molecule has 0 amide bonds. The van der Waals surface area contributed by atoms with E-state index in [-0.39, 0.29) is 11.6 Å². The average Bonchev–Trinajstić information content (AvgIpc) is 3.18. The molecule has 5 rings (SSSR count). The van der Waals surface area contributed by atoms with Crippen LogP contribution in [0.2, 0.25) is 0 Å². The summed E-state index contributed by atoms with van der Waals surface area (Å²) in [7, 11) is 1.78. The largest absolute Gasteiger partial charge is 0.456 e. The van der Waals surface area contributed by atoms with Crippen molar-refractivity contribution < 1.29 is 14.5 Å². The number of pyridine rings is 1. The van der Waals surface area contributed by atoms with Gasteiger partial charge in [-0.15, -0.1) is 0 Å². The van der Waals surface area contributed by atoms with Crippen molar-refractivity contribution in [2.24, 2.45) is 7.05 Å². The lowest BCUT2D eigenvalue weighted by molar-refractivity contribution is -0.660. The van der Waals surface area contributed by atoms with Crippen LogP contribution in [0.5, 0.6) is 0 Å². The SMILES string of the molecule is [2H]c1cc(-c2c(C)ccc3c2oc2c(-c4ccc(C)cc4)c([N+]#[C-])ccc23)[n+](C)cc1C([2H])([2H])[2H]. The van der Waals surface area contributed by atoms with Gasteiger partial charge in [0.1, 0.15) is 18.2 Å². The van der Waals surface area contributed by atoms with Gasteiger partial charge in [-0.25, -0.2) is 9.41 Å². The van der Waals surface area contributed by atoms with Crippen molar-refractivity contribution in [2.45, 2.75) is 20.7 Å². The molecule has 0 unspecified atom stereocenters. The third kappa shape index (κ3) is 3.00. The molecule has 3 heteroatoms. The number of nitrogens with zero attached hydrogens (tertiary/aromatic N) is 2. The van der Waals surface area contributed by atoms with E-state index in [9.17, 15) is 0 Å². The Morgan fingerprint density at radius 2 is 1.61 bits per heavy atom. The standard InChI is InChI=1S/C28H23N2O/c1-17-6-10-20(11-7-17)26-23(29-4)14-13-22-21-12-9-19(3)25(27(21)31-28(22)26)24-15-8-18(2)16-30(24)5/h6-16H,1-3,5H3/q+1/i2D3,8D. The van der Waals surface area contributed by atoms with Crippen molar-refractivity contribution in [3.05, 3.63) is 94.9 Å². The molecule has 0 spiro atoms. The van der Waals surface area contributed by atoms with E-state index in [2.05, 4.69) is 4.85 Å². The average molecular weight is 408 g/mol. The maximum absolute atomic E-state index is 8.38. The first-order valence-electron chi connectivity index (χ1n) is 12.0. The Morgan fingerprint density at radius 1 is 0.903 bits per heavy atom. The summed E-state index contributed by atoms with van der Waals surface area (Å²) in [6, 6.07) is 17.3. The first-order valence-corrected chi connectivity index (χ1v) is 10.0. The Kier molecular flexibility index (Phi) is 3.44. The number of furan rings is 1. The fraction of sp³-hybridized carbons (Fsp3) is 0.143. The highest BCUT2D eigenvalue weighted by atomic mass is 16.3. The highest BCUT2D eigenvalue weighted by Gasteiger charge is 2.23. The number of aromatic nitrogens is 1. The minimum atomic E-state index is -2.37. The Balaban J connectivity index is 1.86. The molecule has 0 aliphatic carbocycles. The summed E-state index contributed by atoms with van der Waals surface area (Å²) in [5.41, 5.74) is 7.01. The predicted octanol–water partition coefficient (Wildman–Crippen LogP) is 7.22. The lowest BCUT2D eigenvalue weighted by Crippen LogP contribution is -2.31.